The van der Waals surface area contributed by atoms with E-state index in [1.807, 2.05) is 0 Å². The molecule has 1 N–H and O–H groups in total. The van der Waals surface area contributed by atoms with Gasteiger partial charge in [-0.2, -0.15) is 0 Å². The third kappa shape index (κ3) is 3.65. The van der Waals surface area contributed by atoms with Crippen LogP contribution in [0, 0.1) is 34.5 Å². The molecule has 0 aromatic carbocycles. The maximum atomic E-state index is 11.8. The normalized spacial score (nSPS) is 45.7. The molecule has 0 radical (unpaired) electrons. The lowest BCUT2D eigenvalue weighted by molar-refractivity contribution is -0.161. The lowest BCUT2D eigenvalue weighted by Gasteiger charge is -2.60. The Kier molecular flexibility index (Phi) is 5.69. The monoisotopic (exact) mass is 428 g/mol. The number of hydrogen-bond donors (Lipinski definition) is 1. The van der Waals surface area contributed by atoms with Crippen LogP contribution < -0.4 is 5.32 Å². The van der Waals surface area contributed by atoms with Crippen LogP contribution in [0.4, 0.5) is 0 Å². The molecular weight excluding hydrogens is 388 g/mol. The summed E-state index contributed by atoms with van der Waals surface area (Å²) in [6.07, 6.45) is 11.9. The van der Waals surface area contributed by atoms with Crippen LogP contribution in [0.1, 0.15) is 78.1 Å². The highest BCUT2D eigenvalue weighted by Gasteiger charge is 2.60. The second kappa shape index (κ2) is 8.20. The highest BCUT2D eigenvalue weighted by Crippen LogP contribution is 2.67. The van der Waals surface area contributed by atoms with Crippen molar-refractivity contribution < 1.29 is 14.4 Å². The van der Waals surface area contributed by atoms with E-state index in [0.717, 1.165) is 50.6 Å². The number of nitrogens with one attached hydrogen (secondary N) is 1. The fourth-order valence-corrected chi connectivity index (χ4v) is 8.24. The molecule has 4 aliphatic carbocycles. The molecule has 0 amide bonds. The molecule has 5 nitrogen and oxygen atoms in total. The molecule has 0 aromatic heterocycles. The first-order valence-electron chi connectivity index (χ1n) is 12.7. The minimum Gasteiger partial charge on any atom is -0.465 e. The summed E-state index contributed by atoms with van der Waals surface area (Å²) in [7, 11) is 0. The lowest BCUT2D eigenvalue weighted by Crippen LogP contribution is -2.56. The fraction of sp³-hybridized carbons (Fsp3) is 0.846. The van der Waals surface area contributed by atoms with Crippen LogP contribution in [-0.2, 0) is 14.4 Å². The van der Waals surface area contributed by atoms with Gasteiger partial charge in [-0.05, 0) is 93.4 Å². The molecule has 7 unspecified atom stereocenters. The predicted octanol–water partition coefficient (Wildman–Crippen LogP) is 4.86. The zero-order valence-corrected chi connectivity index (χ0v) is 19.5. The number of carbonyl (C=O) groups is 1. The Morgan fingerprint density at radius 3 is 2.81 bits per heavy atom. The number of oxime groups is 1. The molecule has 5 heteroatoms. The summed E-state index contributed by atoms with van der Waals surface area (Å²) < 4.78 is 5.79. The highest BCUT2D eigenvalue weighted by molar-refractivity contribution is 5.85. The molecule has 0 bridgehead atoms. The maximum Gasteiger partial charge on any atom is 0.302 e. The second-order valence-corrected chi connectivity index (χ2v) is 11.3. The number of fused-ring (bicyclic) bond motifs is 5. The Hall–Kier alpha value is -1.36. The molecule has 5 fully saturated rings. The smallest absolute Gasteiger partial charge is 0.302 e. The van der Waals surface area contributed by atoms with Crippen molar-refractivity contribution in [3.05, 3.63) is 12.2 Å². The summed E-state index contributed by atoms with van der Waals surface area (Å²) in [6, 6.07) is 0. The van der Waals surface area contributed by atoms with Crippen LogP contribution in [0.15, 0.2) is 17.3 Å². The zero-order valence-electron chi connectivity index (χ0n) is 19.5. The Morgan fingerprint density at radius 2 is 2.03 bits per heavy atom. The van der Waals surface area contributed by atoms with Crippen molar-refractivity contribution in [1.82, 2.24) is 5.32 Å². The van der Waals surface area contributed by atoms with E-state index < -0.39 is 0 Å². The molecule has 4 saturated carbocycles. The molecule has 31 heavy (non-hydrogen) atoms. The maximum absolute atomic E-state index is 11.8. The van der Waals surface area contributed by atoms with E-state index in [2.05, 4.69) is 24.0 Å². The summed E-state index contributed by atoms with van der Waals surface area (Å²) in [5.74, 6) is 2.60. The molecule has 5 rings (SSSR count). The third-order valence-corrected chi connectivity index (χ3v) is 10.0. The lowest BCUT2D eigenvalue weighted by atomic mass is 9.44. The van der Waals surface area contributed by atoms with Crippen LogP contribution in [0.5, 0.6) is 0 Å². The Morgan fingerprint density at radius 1 is 1.16 bits per heavy atom. The number of allylic oxidation sites excluding steroid dienone is 1. The third-order valence-electron chi connectivity index (χ3n) is 10.0. The first-order valence-corrected chi connectivity index (χ1v) is 12.7. The molecule has 5 aliphatic rings. The van der Waals surface area contributed by atoms with Gasteiger partial charge in [0.2, 0.25) is 0 Å². The average molecular weight is 429 g/mol. The van der Waals surface area contributed by atoms with Crippen molar-refractivity contribution >= 4 is 11.7 Å². The fourth-order valence-electron chi connectivity index (χ4n) is 8.24. The predicted molar refractivity (Wildman–Crippen MR) is 122 cm³/mol. The van der Waals surface area contributed by atoms with E-state index in [-0.39, 0.29) is 17.5 Å². The van der Waals surface area contributed by atoms with Gasteiger partial charge in [-0.25, -0.2) is 0 Å². The van der Waals surface area contributed by atoms with Gasteiger partial charge < -0.3 is 14.9 Å². The summed E-state index contributed by atoms with van der Waals surface area (Å²) in [5, 5.41) is 7.96. The van der Waals surface area contributed by atoms with Crippen LogP contribution >= 0.6 is 0 Å². The summed E-state index contributed by atoms with van der Waals surface area (Å²) in [6.45, 7) is 11.0. The van der Waals surface area contributed by atoms with E-state index in [4.69, 9.17) is 9.57 Å². The van der Waals surface area contributed by atoms with Crippen molar-refractivity contribution in [3.63, 3.8) is 0 Å². The SMILES string of the molecule is C=C1CCC2C3CCC4CC(=NOC5CCNC5)CCC4(COC(C)=O)C3CCC12C. The standard InChI is InChI=1S/C26H40N2O3/c1-17-4-7-23-22-6-5-19-14-20(28-31-21-10-13-27-15-21)8-12-26(19,16-30-18(2)29)24(22)9-11-25(17,23)3/h19,21-24,27H,1,4-16H2,2-3H3. The molecule has 0 aromatic rings. The molecule has 172 valence electrons. The Balaban J connectivity index is 1.37. The van der Waals surface area contributed by atoms with Crippen LogP contribution in [-0.4, -0.2) is 37.5 Å². The van der Waals surface area contributed by atoms with Gasteiger partial charge in [-0.3, -0.25) is 4.79 Å². The first-order chi connectivity index (χ1) is 14.9. The molecule has 1 heterocycles. The quantitative estimate of drug-likeness (QED) is 0.394. The van der Waals surface area contributed by atoms with Gasteiger partial charge in [-0.1, -0.05) is 24.2 Å². The molecular formula is C26H40N2O3. The van der Waals surface area contributed by atoms with Gasteiger partial charge in [-0.15, -0.1) is 0 Å². The Labute approximate surface area is 187 Å². The molecule has 7 atom stereocenters. The van der Waals surface area contributed by atoms with E-state index >= 15 is 0 Å². The molecule has 1 aliphatic heterocycles. The Bertz CT molecular complexity index is 758. The molecule has 0 spiro atoms. The summed E-state index contributed by atoms with van der Waals surface area (Å²) in [5.41, 5.74) is 3.17. The van der Waals surface area contributed by atoms with Crippen molar-refractivity contribution in [2.24, 2.45) is 39.7 Å². The van der Waals surface area contributed by atoms with Gasteiger partial charge in [0.25, 0.3) is 0 Å². The van der Waals surface area contributed by atoms with E-state index in [9.17, 15) is 4.79 Å². The number of hydrogen-bond acceptors (Lipinski definition) is 5. The van der Waals surface area contributed by atoms with Gasteiger partial charge in [0.15, 0.2) is 0 Å². The van der Waals surface area contributed by atoms with Crippen LogP contribution in [0.2, 0.25) is 0 Å². The average Bonchev–Trinajstić information content (AvgIpc) is 3.38. The number of rotatable bonds is 4. The number of esters is 1. The minimum absolute atomic E-state index is 0.119. The van der Waals surface area contributed by atoms with Crippen molar-refractivity contribution in [1.29, 1.82) is 0 Å². The topological polar surface area (TPSA) is 59.9 Å². The number of carbonyl (C=O) groups excluding carboxylic acids is 1. The first kappa shape index (κ1) is 21.5. The van der Waals surface area contributed by atoms with Gasteiger partial charge >= 0.3 is 5.97 Å². The number of ether oxygens (including phenoxy) is 1. The van der Waals surface area contributed by atoms with Gasteiger partial charge in [0.1, 0.15) is 6.10 Å². The van der Waals surface area contributed by atoms with Crippen molar-refractivity contribution in [3.8, 4) is 0 Å². The van der Waals surface area contributed by atoms with E-state index in [1.54, 1.807) is 6.92 Å². The van der Waals surface area contributed by atoms with E-state index in [0.29, 0.717) is 23.9 Å². The summed E-state index contributed by atoms with van der Waals surface area (Å²) >= 11 is 0. The van der Waals surface area contributed by atoms with Crippen molar-refractivity contribution in [2.45, 2.75) is 84.2 Å². The van der Waals surface area contributed by atoms with Gasteiger partial charge in [0, 0.05) is 25.3 Å². The summed E-state index contributed by atoms with van der Waals surface area (Å²) in [4.78, 5) is 17.7. The van der Waals surface area contributed by atoms with Crippen LogP contribution in [0.25, 0.3) is 0 Å². The molecule has 1 saturated heterocycles. The van der Waals surface area contributed by atoms with Crippen molar-refractivity contribution in [2.75, 3.05) is 19.7 Å². The largest absolute Gasteiger partial charge is 0.465 e. The number of nitrogens with zero attached hydrogens (tertiary/aromatic N) is 1. The highest BCUT2D eigenvalue weighted by atomic mass is 16.6. The van der Waals surface area contributed by atoms with E-state index in [1.165, 1.54) is 49.8 Å². The minimum atomic E-state index is -0.137. The second-order valence-electron chi connectivity index (χ2n) is 11.3. The van der Waals surface area contributed by atoms with Gasteiger partial charge in [0.05, 0.1) is 12.3 Å². The van der Waals surface area contributed by atoms with Crippen LogP contribution in [0.3, 0.4) is 0 Å². The zero-order chi connectivity index (χ0) is 21.6.